The largest absolute Gasteiger partial charge is 0.431 e. The van der Waals surface area contributed by atoms with Crippen LogP contribution in [0.4, 0.5) is 17.6 Å². The maximum atomic E-state index is 13.9. The average Bonchev–Trinajstić information content (AvgIpc) is 2.43. The summed E-state index contributed by atoms with van der Waals surface area (Å²) in [5, 5.41) is 8.63. The highest BCUT2D eigenvalue weighted by atomic mass is 19.4. The first kappa shape index (κ1) is 15.5. The van der Waals surface area contributed by atoms with E-state index in [0.29, 0.717) is 0 Å². The minimum absolute atomic E-state index is 0.0574. The summed E-state index contributed by atoms with van der Waals surface area (Å²) in [6, 6.07) is 4.76. The number of hydrogen-bond acceptors (Lipinski definition) is 3. The lowest BCUT2D eigenvalue weighted by atomic mass is 10.2. The van der Waals surface area contributed by atoms with E-state index in [1.165, 1.54) is 0 Å². The monoisotopic (exact) mass is 313 g/mol. The minimum Gasteiger partial charge on any atom is -0.292 e. The van der Waals surface area contributed by atoms with E-state index in [-0.39, 0.29) is 20.8 Å². The van der Waals surface area contributed by atoms with Gasteiger partial charge in [-0.25, -0.2) is 13.8 Å². The van der Waals surface area contributed by atoms with E-state index >= 15 is 0 Å². The van der Waals surface area contributed by atoms with Gasteiger partial charge in [0.15, 0.2) is 0 Å². The minimum atomic E-state index is -4.89. The molecule has 2 aromatic rings. The molecule has 114 valence electrons. The lowest BCUT2D eigenvalue weighted by Crippen LogP contribution is -2.41. The van der Waals surface area contributed by atoms with Crippen molar-refractivity contribution >= 4 is 0 Å². The Bertz CT molecular complexity index is 903. The van der Waals surface area contributed by atoms with E-state index in [1.807, 2.05) is 0 Å². The van der Waals surface area contributed by atoms with Crippen molar-refractivity contribution in [1.82, 2.24) is 9.13 Å². The summed E-state index contributed by atoms with van der Waals surface area (Å²) in [4.78, 5) is 23.7. The van der Waals surface area contributed by atoms with Crippen LogP contribution in [0, 0.1) is 17.1 Å². The van der Waals surface area contributed by atoms with Gasteiger partial charge in [-0.15, -0.1) is 0 Å². The van der Waals surface area contributed by atoms with Crippen LogP contribution in [-0.2, 0) is 13.2 Å². The van der Waals surface area contributed by atoms with Gasteiger partial charge in [0.2, 0.25) is 0 Å². The molecule has 0 spiro atoms. The molecule has 1 aromatic carbocycles. The Kier molecular flexibility index (Phi) is 3.62. The fourth-order valence-electron chi connectivity index (χ4n) is 1.88. The number of alkyl halides is 3. The molecule has 9 heteroatoms. The van der Waals surface area contributed by atoms with Crippen molar-refractivity contribution in [1.29, 1.82) is 5.26 Å². The van der Waals surface area contributed by atoms with E-state index in [4.69, 9.17) is 5.26 Å². The number of rotatable bonds is 1. The smallest absolute Gasteiger partial charge is 0.292 e. The highest BCUT2D eigenvalue weighted by Gasteiger charge is 2.35. The molecule has 1 heterocycles. The molecular weight excluding hydrogens is 306 g/mol. The van der Waals surface area contributed by atoms with Crippen molar-refractivity contribution in [2.24, 2.45) is 7.05 Å². The van der Waals surface area contributed by atoms with Crippen LogP contribution < -0.4 is 11.2 Å². The van der Waals surface area contributed by atoms with E-state index in [1.54, 1.807) is 6.07 Å². The summed E-state index contributed by atoms with van der Waals surface area (Å²) in [6.45, 7) is 0. The molecule has 0 amide bonds. The number of aromatic nitrogens is 2. The van der Waals surface area contributed by atoms with Crippen LogP contribution in [0.3, 0.4) is 0 Å². The zero-order valence-corrected chi connectivity index (χ0v) is 11.0. The predicted molar refractivity (Wildman–Crippen MR) is 67.0 cm³/mol. The summed E-state index contributed by atoms with van der Waals surface area (Å²) in [5.74, 6) is -1.07. The molecule has 0 unspecified atom stereocenters. The maximum Gasteiger partial charge on any atom is 0.431 e. The average molecular weight is 313 g/mol. The summed E-state index contributed by atoms with van der Waals surface area (Å²) in [5.41, 5.74) is -4.69. The number of nitrogens with zero attached hydrogens (tertiary/aromatic N) is 3. The standard InChI is InChI=1S/C13H7F4N3O2/c1-19-10(13(15,16)17)5-11(21)20(12(19)22)9-3-2-7(6-18)4-8(9)14/h2-5H,1H3. The topological polar surface area (TPSA) is 67.8 Å². The molecular formula is C13H7F4N3O2. The van der Waals surface area contributed by atoms with Crippen LogP contribution >= 0.6 is 0 Å². The van der Waals surface area contributed by atoms with Crippen LogP contribution in [0.15, 0.2) is 33.9 Å². The molecule has 0 bridgehead atoms. The van der Waals surface area contributed by atoms with E-state index in [2.05, 4.69) is 0 Å². The Balaban J connectivity index is 2.80. The van der Waals surface area contributed by atoms with Crippen molar-refractivity contribution in [3.05, 3.63) is 62.2 Å². The van der Waals surface area contributed by atoms with Crippen molar-refractivity contribution in [2.75, 3.05) is 0 Å². The first-order valence-corrected chi connectivity index (χ1v) is 5.77. The molecule has 0 N–H and O–H groups in total. The Morgan fingerprint density at radius 2 is 1.82 bits per heavy atom. The van der Waals surface area contributed by atoms with Crippen molar-refractivity contribution in [2.45, 2.75) is 6.18 Å². The Labute approximate surface area is 120 Å². The SMILES string of the molecule is Cn1c(C(F)(F)F)cc(=O)n(-c2ccc(C#N)cc2F)c1=O. The molecule has 0 aliphatic carbocycles. The molecule has 0 saturated carbocycles. The van der Waals surface area contributed by atoms with Crippen LogP contribution in [0.2, 0.25) is 0 Å². The molecule has 0 aliphatic rings. The van der Waals surface area contributed by atoms with Gasteiger partial charge in [0.1, 0.15) is 11.5 Å². The number of hydrogen-bond donors (Lipinski definition) is 0. The van der Waals surface area contributed by atoms with E-state index in [0.717, 1.165) is 25.2 Å². The normalized spacial score (nSPS) is 11.3. The Morgan fingerprint density at radius 1 is 1.18 bits per heavy atom. The zero-order chi connectivity index (χ0) is 16.7. The van der Waals surface area contributed by atoms with Crippen LogP contribution in [0.1, 0.15) is 11.3 Å². The molecule has 0 saturated heterocycles. The van der Waals surface area contributed by atoms with Crippen molar-refractivity contribution in [3.8, 4) is 11.8 Å². The molecule has 0 radical (unpaired) electrons. The van der Waals surface area contributed by atoms with Gasteiger partial charge >= 0.3 is 11.9 Å². The van der Waals surface area contributed by atoms with Gasteiger partial charge in [-0.1, -0.05) is 0 Å². The fourth-order valence-corrected chi connectivity index (χ4v) is 1.88. The third-order valence-electron chi connectivity index (χ3n) is 2.93. The zero-order valence-electron chi connectivity index (χ0n) is 11.0. The predicted octanol–water partition coefficient (Wildman–Crippen LogP) is 1.57. The van der Waals surface area contributed by atoms with E-state index < -0.39 is 34.6 Å². The van der Waals surface area contributed by atoms with Crippen LogP contribution in [-0.4, -0.2) is 9.13 Å². The lowest BCUT2D eigenvalue weighted by Gasteiger charge is -2.14. The van der Waals surface area contributed by atoms with Gasteiger partial charge in [-0.2, -0.15) is 18.4 Å². The quantitative estimate of drug-likeness (QED) is 0.751. The molecule has 0 aliphatic heterocycles. The van der Waals surface area contributed by atoms with Gasteiger partial charge in [-0.05, 0) is 18.2 Å². The third-order valence-corrected chi connectivity index (χ3v) is 2.93. The number of halogens is 4. The van der Waals surface area contributed by atoms with Gasteiger partial charge in [0.25, 0.3) is 5.56 Å². The van der Waals surface area contributed by atoms with Crippen LogP contribution in [0.5, 0.6) is 0 Å². The summed E-state index contributed by atoms with van der Waals surface area (Å²) in [6.07, 6.45) is -4.89. The van der Waals surface area contributed by atoms with Gasteiger partial charge in [0, 0.05) is 13.1 Å². The molecule has 22 heavy (non-hydrogen) atoms. The number of benzene rings is 1. The molecule has 0 atom stereocenters. The summed E-state index contributed by atoms with van der Waals surface area (Å²) in [7, 11) is 0.822. The van der Waals surface area contributed by atoms with Crippen molar-refractivity contribution in [3.63, 3.8) is 0 Å². The number of nitriles is 1. The Morgan fingerprint density at radius 3 is 2.32 bits per heavy atom. The summed E-state index contributed by atoms with van der Waals surface area (Å²) < 4.78 is 52.5. The second-order valence-electron chi connectivity index (χ2n) is 4.32. The molecule has 5 nitrogen and oxygen atoms in total. The second-order valence-corrected chi connectivity index (χ2v) is 4.32. The van der Waals surface area contributed by atoms with Gasteiger partial charge in [-0.3, -0.25) is 9.36 Å². The third kappa shape index (κ3) is 2.50. The molecule has 2 rings (SSSR count). The highest BCUT2D eigenvalue weighted by Crippen LogP contribution is 2.27. The fraction of sp³-hybridized carbons (Fsp3) is 0.154. The van der Waals surface area contributed by atoms with E-state index in [9.17, 15) is 27.2 Å². The maximum absolute atomic E-state index is 13.9. The lowest BCUT2D eigenvalue weighted by molar-refractivity contribution is -0.144. The van der Waals surface area contributed by atoms with Gasteiger partial charge < -0.3 is 0 Å². The molecule has 0 fully saturated rings. The highest BCUT2D eigenvalue weighted by molar-refractivity contribution is 5.41. The first-order valence-electron chi connectivity index (χ1n) is 5.77. The summed E-state index contributed by atoms with van der Waals surface area (Å²) >= 11 is 0. The molecule has 1 aromatic heterocycles. The van der Waals surface area contributed by atoms with Gasteiger partial charge in [0.05, 0.1) is 17.3 Å². The van der Waals surface area contributed by atoms with Crippen LogP contribution in [0.25, 0.3) is 5.69 Å². The van der Waals surface area contributed by atoms with Crippen molar-refractivity contribution < 1.29 is 17.6 Å². The Hall–Kier alpha value is -2.89. The second kappa shape index (κ2) is 5.14. The first-order chi connectivity index (χ1) is 10.2.